The largest absolute Gasteiger partial charge is 0.454 e. The fraction of sp³-hybridized carbons (Fsp3) is 0.0690. The quantitative estimate of drug-likeness (QED) is 0.329. The number of hydrogen-bond acceptors (Lipinski definition) is 5. The molecule has 0 N–H and O–H groups in total. The number of fused-ring (bicyclic) bond motifs is 2. The van der Waals surface area contributed by atoms with Crippen LogP contribution in [-0.2, 0) is 6.54 Å². The van der Waals surface area contributed by atoms with Crippen molar-refractivity contribution in [3.05, 3.63) is 115 Å². The Kier molecular flexibility index (Phi) is 5.31. The first-order valence-corrected chi connectivity index (χ1v) is 11.3. The highest BCUT2D eigenvalue weighted by Crippen LogP contribution is 2.34. The number of hydrogen-bond donors (Lipinski definition) is 0. The highest BCUT2D eigenvalue weighted by Gasteiger charge is 2.22. The van der Waals surface area contributed by atoms with Crippen LogP contribution in [0.2, 0.25) is 0 Å². The molecule has 6 nitrogen and oxygen atoms in total. The summed E-state index contributed by atoms with van der Waals surface area (Å²) in [6.45, 7) is 0.556. The van der Waals surface area contributed by atoms with Crippen LogP contribution in [0.25, 0.3) is 22.0 Å². The van der Waals surface area contributed by atoms with Gasteiger partial charge in [-0.15, -0.1) is 0 Å². The lowest BCUT2D eigenvalue weighted by atomic mass is 10.0. The average Bonchev–Trinajstić information content (AvgIpc) is 3.40. The van der Waals surface area contributed by atoms with E-state index in [-0.39, 0.29) is 12.7 Å². The van der Waals surface area contributed by atoms with Crippen LogP contribution in [0.3, 0.4) is 0 Å². The lowest BCUT2D eigenvalue weighted by Crippen LogP contribution is -2.31. The predicted octanol–water partition coefficient (Wildman–Crippen LogP) is 5.87. The van der Waals surface area contributed by atoms with E-state index >= 15 is 0 Å². The van der Waals surface area contributed by atoms with Gasteiger partial charge in [0.1, 0.15) is 5.69 Å². The van der Waals surface area contributed by atoms with Gasteiger partial charge in [-0.1, -0.05) is 48.5 Å². The Balaban J connectivity index is 1.41. The lowest BCUT2D eigenvalue weighted by molar-refractivity contribution is 0.0980. The minimum absolute atomic E-state index is 0.188. The van der Waals surface area contributed by atoms with E-state index < -0.39 is 0 Å². The third-order valence-corrected chi connectivity index (χ3v) is 6.00. The van der Waals surface area contributed by atoms with E-state index in [2.05, 4.69) is 22.1 Å². The van der Waals surface area contributed by atoms with Crippen molar-refractivity contribution >= 4 is 22.5 Å². The summed E-state index contributed by atoms with van der Waals surface area (Å²) < 4.78 is 11.0. The highest BCUT2D eigenvalue weighted by molar-refractivity contribution is 6.06. The number of nitrogens with zero attached hydrogens (tertiary/aromatic N) is 3. The zero-order chi connectivity index (χ0) is 23.6. The van der Waals surface area contributed by atoms with Gasteiger partial charge < -0.3 is 14.4 Å². The second-order valence-corrected chi connectivity index (χ2v) is 8.26. The maximum Gasteiger partial charge on any atom is 0.277 e. The summed E-state index contributed by atoms with van der Waals surface area (Å²) in [7, 11) is 0. The molecule has 0 bridgehead atoms. The van der Waals surface area contributed by atoms with Crippen LogP contribution in [0.5, 0.6) is 11.5 Å². The fourth-order valence-electron chi connectivity index (χ4n) is 4.21. The van der Waals surface area contributed by atoms with Crippen molar-refractivity contribution in [2.45, 2.75) is 6.54 Å². The van der Waals surface area contributed by atoms with Crippen LogP contribution in [0, 0.1) is 0 Å². The first-order valence-electron chi connectivity index (χ1n) is 11.3. The fourth-order valence-corrected chi connectivity index (χ4v) is 4.21. The third kappa shape index (κ3) is 4.17. The predicted molar refractivity (Wildman–Crippen MR) is 134 cm³/mol. The molecular weight excluding hydrogens is 438 g/mol. The van der Waals surface area contributed by atoms with Crippen LogP contribution < -0.4 is 14.4 Å². The Morgan fingerprint density at radius 1 is 0.829 bits per heavy atom. The van der Waals surface area contributed by atoms with E-state index in [0.29, 0.717) is 23.7 Å². The van der Waals surface area contributed by atoms with Crippen LogP contribution in [0.1, 0.15) is 16.1 Å². The number of carbonyl (C=O) groups excluding carboxylic acids is 1. The Labute approximate surface area is 202 Å². The maximum absolute atomic E-state index is 13.9. The van der Waals surface area contributed by atoms with Crippen molar-refractivity contribution in [3.8, 4) is 22.6 Å². The lowest BCUT2D eigenvalue weighted by Gasteiger charge is -2.24. The van der Waals surface area contributed by atoms with Gasteiger partial charge in [-0.25, -0.2) is 4.98 Å². The zero-order valence-electron chi connectivity index (χ0n) is 18.8. The summed E-state index contributed by atoms with van der Waals surface area (Å²) in [4.78, 5) is 24.4. The van der Waals surface area contributed by atoms with E-state index in [4.69, 9.17) is 9.47 Å². The molecule has 5 aromatic rings. The molecule has 1 amide bonds. The molecule has 0 unspecified atom stereocenters. The normalized spacial score (nSPS) is 12.0. The molecule has 3 aromatic carbocycles. The molecule has 170 valence electrons. The van der Waals surface area contributed by atoms with E-state index in [9.17, 15) is 4.79 Å². The average molecular weight is 460 g/mol. The Morgan fingerprint density at radius 2 is 1.69 bits per heavy atom. The van der Waals surface area contributed by atoms with Gasteiger partial charge in [0.25, 0.3) is 5.91 Å². The molecule has 1 aliphatic rings. The van der Waals surface area contributed by atoms with Crippen LogP contribution in [0.15, 0.2) is 103 Å². The van der Waals surface area contributed by atoms with Gasteiger partial charge in [-0.05, 0) is 59.2 Å². The summed E-state index contributed by atoms with van der Waals surface area (Å²) in [6.07, 6.45) is 3.42. The number of aromatic nitrogens is 2. The molecule has 35 heavy (non-hydrogen) atoms. The summed E-state index contributed by atoms with van der Waals surface area (Å²) in [6, 6.07) is 29.3. The molecule has 2 aromatic heterocycles. The van der Waals surface area contributed by atoms with Gasteiger partial charge in [0.2, 0.25) is 6.79 Å². The molecule has 0 fully saturated rings. The SMILES string of the molecule is O=C(c1ccc2cnccc2n1)N(Cc1ccc2c(c1)OCO2)c1cccc(-c2ccccc2)c1. The minimum atomic E-state index is -0.188. The Morgan fingerprint density at radius 3 is 2.60 bits per heavy atom. The summed E-state index contributed by atoms with van der Waals surface area (Å²) in [5.74, 6) is 1.21. The summed E-state index contributed by atoms with van der Waals surface area (Å²) >= 11 is 0. The van der Waals surface area contributed by atoms with E-state index in [0.717, 1.165) is 33.3 Å². The highest BCUT2D eigenvalue weighted by atomic mass is 16.7. The van der Waals surface area contributed by atoms with Gasteiger partial charge in [-0.3, -0.25) is 9.78 Å². The second kappa shape index (κ2) is 8.91. The van der Waals surface area contributed by atoms with Crippen molar-refractivity contribution in [2.24, 2.45) is 0 Å². The smallest absolute Gasteiger partial charge is 0.277 e. The van der Waals surface area contributed by atoms with E-state index in [1.54, 1.807) is 23.4 Å². The number of benzene rings is 3. The first-order chi connectivity index (χ1) is 17.2. The van der Waals surface area contributed by atoms with Crippen LogP contribution in [-0.4, -0.2) is 22.7 Å². The molecule has 6 heteroatoms. The van der Waals surface area contributed by atoms with Crippen molar-refractivity contribution in [1.29, 1.82) is 0 Å². The van der Waals surface area contributed by atoms with Crippen LogP contribution in [0.4, 0.5) is 5.69 Å². The number of rotatable bonds is 5. The third-order valence-electron chi connectivity index (χ3n) is 6.00. The van der Waals surface area contributed by atoms with Gasteiger partial charge in [-0.2, -0.15) is 0 Å². The van der Waals surface area contributed by atoms with Gasteiger partial charge in [0, 0.05) is 23.5 Å². The monoisotopic (exact) mass is 459 g/mol. The number of pyridine rings is 2. The molecule has 0 atom stereocenters. The standard InChI is InChI=1S/C29H21N3O3/c33-29(26-11-10-23-17-30-14-13-25(23)31-26)32(18-20-9-12-27-28(15-20)35-19-34-27)24-8-4-7-22(16-24)21-5-2-1-3-6-21/h1-17H,18-19H2. The molecular formula is C29H21N3O3. The minimum Gasteiger partial charge on any atom is -0.454 e. The maximum atomic E-state index is 13.9. The molecule has 6 rings (SSSR count). The first kappa shape index (κ1) is 20.9. The molecule has 3 heterocycles. The van der Waals surface area contributed by atoms with Gasteiger partial charge >= 0.3 is 0 Å². The van der Waals surface area contributed by atoms with E-state index in [1.807, 2.05) is 72.8 Å². The van der Waals surface area contributed by atoms with E-state index in [1.165, 1.54) is 0 Å². The topological polar surface area (TPSA) is 64.6 Å². The molecule has 1 aliphatic heterocycles. The van der Waals surface area contributed by atoms with Crippen molar-refractivity contribution in [3.63, 3.8) is 0 Å². The molecule has 0 saturated heterocycles. The van der Waals surface area contributed by atoms with Crippen molar-refractivity contribution < 1.29 is 14.3 Å². The summed E-state index contributed by atoms with van der Waals surface area (Å²) in [5.41, 5.74) is 4.93. The number of anilines is 1. The molecule has 0 saturated carbocycles. The van der Waals surface area contributed by atoms with Gasteiger partial charge in [0.05, 0.1) is 12.1 Å². The second-order valence-electron chi connectivity index (χ2n) is 8.26. The van der Waals surface area contributed by atoms with Crippen molar-refractivity contribution in [1.82, 2.24) is 9.97 Å². The van der Waals surface area contributed by atoms with Crippen LogP contribution >= 0.6 is 0 Å². The Hall–Kier alpha value is -4.71. The number of ether oxygens (including phenoxy) is 2. The number of amides is 1. The molecule has 0 aliphatic carbocycles. The summed E-state index contributed by atoms with van der Waals surface area (Å²) in [5, 5.41) is 0.887. The Bertz CT molecular complexity index is 1540. The van der Waals surface area contributed by atoms with Gasteiger partial charge in [0.15, 0.2) is 11.5 Å². The zero-order valence-corrected chi connectivity index (χ0v) is 18.8. The van der Waals surface area contributed by atoms with Crippen molar-refractivity contribution in [2.75, 3.05) is 11.7 Å². The number of carbonyl (C=O) groups is 1. The molecule has 0 radical (unpaired) electrons. The molecule has 0 spiro atoms.